The zero-order valence-corrected chi connectivity index (χ0v) is 17.1. The van der Waals surface area contributed by atoms with Crippen molar-refractivity contribution in [1.82, 2.24) is 9.38 Å². The number of benzene rings is 1. The Morgan fingerprint density at radius 3 is 2.71 bits per heavy atom. The Balaban J connectivity index is 1.88. The van der Waals surface area contributed by atoms with Crippen molar-refractivity contribution in [3.8, 4) is 0 Å². The standard InChI is InChI=1S/C21H25N3O3S/c1-13-14(2)24-10-9-16-18(21(24)22-13)23-17(15-7-5-4-6-8-15)19(25)20(16)28(26)12-11-27-3/h4-10,17,19-20,23,25H,11-12H2,1-3H3. The number of methoxy groups -OCH3 is 1. The van der Waals surface area contributed by atoms with Gasteiger partial charge in [0.25, 0.3) is 0 Å². The van der Waals surface area contributed by atoms with Crippen molar-refractivity contribution in [2.75, 3.05) is 24.8 Å². The molecule has 4 rings (SSSR count). The van der Waals surface area contributed by atoms with E-state index in [1.54, 1.807) is 7.11 Å². The molecule has 2 aromatic heterocycles. The molecule has 3 heterocycles. The summed E-state index contributed by atoms with van der Waals surface area (Å²) in [7, 11) is 0.308. The molecule has 6 nitrogen and oxygen atoms in total. The third-order valence-electron chi connectivity index (χ3n) is 5.49. The number of hydrogen-bond acceptors (Lipinski definition) is 5. The van der Waals surface area contributed by atoms with E-state index in [2.05, 4.69) is 5.32 Å². The van der Waals surface area contributed by atoms with Gasteiger partial charge in [0.15, 0.2) is 5.65 Å². The third-order valence-corrected chi connectivity index (χ3v) is 7.16. The Hall–Kier alpha value is -2.22. The number of nitrogens with zero attached hydrogens (tertiary/aromatic N) is 2. The van der Waals surface area contributed by atoms with Crippen LogP contribution in [0.2, 0.25) is 0 Å². The third kappa shape index (κ3) is 3.13. The summed E-state index contributed by atoms with van der Waals surface area (Å²) in [6.45, 7) is 4.40. The number of aliphatic hydroxyl groups excluding tert-OH is 1. The number of rotatable bonds is 5. The van der Waals surface area contributed by atoms with Gasteiger partial charge in [0.2, 0.25) is 0 Å². The lowest BCUT2D eigenvalue weighted by atomic mass is 9.91. The average Bonchev–Trinajstić information content (AvgIpc) is 3.00. The van der Waals surface area contributed by atoms with Gasteiger partial charge in [0.1, 0.15) is 0 Å². The van der Waals surface area contributed by atoms with Crippen LogP contribution in [0, 0.1) is 13.8 Å². The maximum absolute atomic E-state index is 13.1. The molecule has 0 aliphatic carbocycles. The molecule has 1 aliphatic rings. The number of ether oxygens (including phenoxy) is 1. The summed E-state index contributed by atoms with van der Waals surface area (Å²) in [6, 6.07) is 11.4. The van der Waals surface area contributed by atoms with Gasteiger partial charge < -0.3 is 19.6 Å². The number of aromatic nitrogens is 2. The summed E-state index contributed by atoms with van der Waals surface area (Å²) in [5, 5.41) is 14.2. The van der Waals surface area contributed by atoms with Crippen LogP contribution in [-0.2, 0) is 15.5 Å². The topological polar surface area (TPSA) is 75.9 Å². The monoisotopic (exact) mass is 399 g/mol. The highest BCUT2D eigenvalue weighted by Crippen LogP contribution is 2.44. The number of aliphatic hydroxyl groups is 1. The van der Waals surface area contributed by atoms with Gasteiger partial charge in [0, 0.05) is 35.6 Å². The molecule has 2 N–H and O–H groups in total. The van der Waals surface area contributed by atoms with Crippen LogP contribution in [0.3, 0.4) is 0 Å². The number of aryl methyl sites for hydroxylation is 2. The second-order valence-corrected chi connectivity index (χ2v) is 8.82. The highest BCUT2D eigenvalue weighted by Gasteiger charge is 2.40. The Labute approximate surface area is 167 Å². The molecular weight excluding hydrogens is 374 g/mol. The minimum atomic E-state index is -1.29. The van der Waals surface area contributed by atoms with Gasteiger partial charge in [-0.15, -0.1) is 0 Å². The SMILES string of the molecule is COCCS(=O)C1c2ccn3c(C)c(C)nc3c2NC(c2ccccc2)C1O. The number of nitrogens with one attached hydrogen (secondary N) is 1. The normalized spacial score (nSPS) is 22.6. The molecule has 0 saturated heterocycles. The highest BCUT2D eigenvalue weighted by molar-refractivity contribution is 7.85. The lowest BCUT2D eigenvalue weighted by Crippen LogP contribution is -2.39. The highest BCUT2D eigenvalue weighted by atomic mass is 32.2. The van der Waals surface area contributed by atoms with Gasteiger partial charge >= 0.3 is 0 Å². The lowest BCUT2D eigenvalue weighted by Gasteiger charge is -2.37. The Morgan fingerprint density at radius 1 is 1.25 bits per heavy atom. The molecule has 0 spiro atoms. The van der Waals surface area contributed by atoms with Crippen LogP contribution in [0.1, 0.15) is 33.8 Å². The summed E-state index contributed by atoms with van der Waals surface area (Å²) >= 11 is 0. The molecule has 3 aromatic rings. The second-order valence-electron chi connectivity index (χ2n) is 7.14. The molecule has 0 amide bonds. The molecule has 0 saturated carbocycles. The van der Waals surface area contributed by atoms with Gasteiger partial charge in [-0.1, -0.05) is 30.3 Å². The van der Waals surface area contributed by atoms with Crippen molar-refractivity contribution >= 4 is 22.1 Å². The van der Waals surface area contributed by atoms with E-state index in [0.717, 1.165) is 33.8 Å². The Bertz CT molecular complexity index is 1020. The van der Waals surface area contributed by atoms with Crippen LogP contribution in [0.4, 0.5) is 5.69 Å². The minimum absolute atomic E-state index is 0.367. The molecule has 1 aromatic carbocycles. The summed E-state index contributed by atoms with van der Waals surface area (Å²) in [5.74, 6) is 0.372. The first-order chi connectivity index (χ1) is 13.5. The van der Waals surface area contributed by atoms with Gasteiger partial charge in [-0.3, -0.25) is 4.21 Å². The van der Waals surface area contributed by atoms with Gasteiger partial charge in [-0.25, -0.2) is 4.98 Å². The first-order valence-corrected chi connectivity index (χ1v) is 10.7. The van der Waals surface area contributed by atoms with Crippen LogP contribution >= 0.6 is 0 Å². The van der Waals surface area contributed by atoms with Crippen molar-refractivity contribution in [2.24, 2.45) is 0 Å². The zero-order chi connectivity index (χ0) is 19.8. The number of fused-ring (bicyclic) bond motifs is 3. The number of pyridine rings is 1. The van der Waals surface area contributed by atoms with Crippen LogP contribution in [0.5, 0.6) is 0 Å². The molecule has 4 unspecified atom stereocenters. The summed E-state index contributed by atoms with van der Waals surface area (Å²) < 4.78 is 20.3. The van der Waals surface area contributed by atoms with Crippen molar-refractivity contribution in [3.63, 3.8) is 0 Å². The average molecular weight is 400 g/mol. The van der Waals surface area contributed by atoms with Gasteiger partial charge in [-0.2, -0.15) is 0 Å². The molecule has 28 heavy (non-hydrogen) atoms. The summed E-state index contributed by atoms with van der Waals surface area (Å²) in [5.41, 5.74) is 5.46. The molecule has 7 heteroatoms. The molecule has 4 atom stereocenters. The van der Waals surface area contributed by atoms with Crippen molar-refractivity contribution in [1.29, 1.82) is 0 Å². The van der Waals surface area contributed by atoms with Gasteiger partial charge in [0.05, 0.1) is 35.4 Å². The van der Waals surface area contributed by atoms with Crippen LogP contribution in [0.15, 0.2) is 42.6 Å². The van der Waals surface area contributed by atoms with Crippen LogP contribution < -0.4 is 5.32 Å². The van der Waals surface area contributed by atoms with E-state index < -0.39 is 22.2 Å². The fourth-order valence-corrected chi connectivity index (χ4v) is 5.40. The fourth-order valence-electron chi connectivity index (χ4n) is 3.87. The second kappa shape index (κ2) is 7.66. The zero-order valence-electron chi connectivity index (χ0n) is 16.3. The molecular formula is C21H25N3O3S. The number of imidazole rings is 1. The van der Waals surface area contributed by atoms with E-state index >= 15 is 0 Å². The largest absolute Gasteiger partial charge is 0.389 e. The predicted molar refractivity (Wildman–Crippen MR) is 111 cm³/mol. The molecule has 1 aliphatic heterocycles. The van der Waals surface area contributed by atoms with E-state index in [1.807, 2.05) is 60.8 Å². The van der Waals surface area contributed by atoms with Crippen LogP contribution in [-0.4, -0.2) is 44.3 Å². The number of anilines is 1. The van der Waals surface area contributed by atoms with Gasteiger partial charge in [-0.05, 0) is 31.0 Å². The number of hydrogen-bond donors (Lipinski definition) is 2. The van der Waals surface area contributed by atoms with E-state index in [9.17, 15) is 9.32 Å². The summed E-state index contributed by atoms with van der Waals surface area (Å²) in [6.07, 6.45) is 1.12. The van der Waals surface area contributed by atoms with Crippen molar-refractivity contribution in [3.05, 3.63) is 65.1 Å². The quantitative estimate of drug-likeness (QED) is 0.690. The molecule has 0 fully saturated rings. The first kappa shape index (κ1) is 19.1. The fraction of sp³-hybridized carbons (Fsp3) is 0.381. The predicted octanol–water partition coefficient (Wildman–Crippen LogP) is 2.92. The Kier molecular flexibility index (Phi) is 5.23. The van der Waals surface area contributed by atoms with Crippen molar-refractivity contribution in [2.45, 2.75) is 31.2 Å². The summed E-state index contributed by atoms with van der Waals surface area (Å²) in [4.78, 5) is 4.73. The maximum Gasteiger partial charge on any atom is 0.161 e. The van der Waals surface area contributed by atoms with Crippen LogP contribution in [0.25, 0.3) is 5.65 Å². The maximum atomic E-state index is 13.1. The van der Waals surface area contributed by atoms with E-state index in [0.29, 0.717) is 12.4 Å². The lowest BCUT2D eigenvalue weighted by molar-refractivity contribution is 0.143. The van der Waals surface area contributed by atoms with E-state index in [4.69, 9.17) is 9.72 Å². The molecule has 148 valence electrons. The van der Waals surface area contributed by atoms with E-state index in [-0.39, 0.29) is 6.04 Å². The van der Waals surface area contributed by atoms with E-state index in [1.165, 1.54) is 0 Å². The minimum Gasteiger partial charge on any atom is -0.389 e. The molecule has 0 bridgehead atoms. The molecule has 0 radical (unpaired) electrons. The Morgan fingerprint density at radius 2 is 2.00 bits per heavy atom. The van der Waals surface area contributed by atoms with Crippen molar-refractivity contribution < 1.29 is 14.1 Å². The first-order valence-electron chi connectivity index (χ1n) is 9.36. The smallest absolute Gasteiger partial charge is 0.161 e.